The van der Waals surface area contributed by atoms with E-state index in [1.807, 2.05) is 42.5 Å². The normalized spacial score (nSPS) is 11.1. The molecule has 0 amide bonds. The number of unbranched alkanes of at least 4 members (excludes halogenated alkanes) is 1. The molecule has 0 unspecified atom stereocenters. The Morgan fingerprint density at radius 1 is 1.03 bits per heavy atom. The van der Waals surface area contributed by atoms with Crippen LogP contribution in [0.4, 0.5) is 0 Å². The number of carbonyl (C=O) groups is 1. The highest BCUT2D eigenvalue weighted by Crippen LogP contribution is 2.30. The molecular formula is C27H27Cl2NO4S. The lowest BCUT2D eigenvalue weighted by Crippen LogP contribution is -2.02. The van der Waals surface area contributed by atoms with Crippen molar-refractivity contribution < 1.29 is 19.4 Å². The van der Waals surface area contributed by atoms with Crippen LogP contribution in [0.1, 0.15) is 35.4 Å². The van der Waals surface area contributed by atoms with Gasteiger partial charge in [-0.25, -0.2) is 9.78 Å². The lowest BCUT2D eigenvalue weighted by Gasteiger charge is -2.11. The number of aliphatic carboxylic acids is 1. The molecule has 0 bridgehead atoms. The molecule has 0 atom stereocenters. The van der Waals surface area contributed by atoms with E-state index >= 15 is 0 Å². The Labute approximate surface area is 220 Å². The fourth-order valence-electron chi connectivity index (χ4n) is 3.31. The molecule has 1 N–H and O–H groups in total. The molecule has 0 aliphatic heterocycles. The molecule has 2 aromatic carbocycles. The van der Waals surface area contributed by atoms with Gasteiger partial charge in [-0.2, -0.15) is 11.8 Å². The van der Waals surface area contributed by atoms with Gasteiger partial charge in [-0.15, -0.1) is 0 Å². The highest BCUT2D eigenvalue weighted by molar-refractivity contribution is 7.97. The minimum Gasteiger partial charge on any atom is -0.497 e. The van der Waals surface area contributed by atoms with Crippen LogP contribution in [0.15, 0.2) is 60.7 Å². The Morgan fingerprint density at radius 2 is 1.77 bits per heavy atom. The summed E-state index contributed by atoms with van der Waals surface area (Å²) in [6.07, 6.45) is 5.32. The van der Waals surface area contributed by atoms with Crippen molar-refractivity contribution in [1.29, 1.82) is 0 Å². The monoisotopic (exact) mass is 531 g/mol. The summed E-state index contributed by atoms with van der Waals surface area (Å²) in [6, 6.07) is 17.2. The van der Waals surface area contributed by atoms with Gasteiger partial charge in [0, 0.05) is 27.6 Å². The number of methoxy groups -OCH3 is 1. The van der Waals surface area contributed by atoms with E-state index in [1.54, 1.807) is 18.9 Å². The largest absolute Gasteiger partial charge is 0.497 e. The molecule has 0 radical (unpaired) electrons. The maximum Gasteiger partial charge on any atom is 0.328 e. The highest BCUT2D eigenvalue weighted by Gasteiger charge is 2.09. The van der Waals surface area contributed by atoms with Crippen LogP contribution >= 0.6 is 35.0 Å². The van der Waals surface area contributed by atoms with Crippen LogP contribution in [0, 0.1) is 0 Å². The first-order chi connectivity index (χ1) is 17.0. The molecule has 0 spiro atoms. The standard InChI is InChI=1S/C27H27Cl2NO4S/c1-33-21-11-8-19(9-12-21)5-2-3-16-34-26-14-10-20(30-25(26)13-15-27(31)32)17-35-18-22-23(28)6-4-7-24(22)29/h4,6-15H,2-3,5,16-18H2,1H3,(H,31,32). The second-order valence-electron chi connectivity index (χ2n) is 7.70. The van der Waals surface area contributed by atoms with E-state index in [0.717, 1.165) is 42.3 Å². The minimum atomic E-state index is -1.04. The van der Waals surface area contributed by atoms with Gasteiger partial charge in [-0.1, -0.05) is 41.4 Å². The van der Waals surface area contributed by atoms with Gasteiger partial charge in [0.15, 0.2) is 0 Å². The molecule has 0 fully saturated rings. The number of benzene rings is 2. The molecule has 1 aromatic heterocycles. The molecule has 3 aromatic rings. The maximum atomic E-state index is 11.0. The van der Waals surface area contributed by atoms with Crippen LogP contribution < -0.4 is 9.47 Å². The number of aromatic nitrogens is 1. The molecule has 3 rings (SSSR count). The van der Waals surface area contributed by atoms with E-state index in [2.05, 4.69) is 17.1 Å². The quantitative estimate of drug-likeness (QED) is 0.184. The third-order valence-electron chi connectivity index (χ3n) is 5.16. The Kier molecular flexibility index (Phi) is 10.8. The van der Waals surface area contributed by atoms with Gasteiger partial charge in [0.05, 0.1) is 19.4 Å². The minimum absolute atomic E-state index is 0.497. The number of carboxylic acids is 1. The Hall–Kier alpha value is -2.67. The van der Waals surface area contributed by atoms with Crippen LogP contribution in [0.3, 0.4) is 0 Å². The summed E-state index contributed by atoms with van der Waals surface area (Å²) >= 11 is 14.1. The summed E-state index contributed by atoms with van der Waals surface area (Å²) in [4.78, 5) is 15.7. The SMILES string of the molecule is COc1ccc(CCCCOc2ccc(CSCc3c(Cl)cccc3Cl)nc2C=CC(=O)O)cc1. The predicted molar refractivity (Wildman–Crippen MR) is 144 cm³/mol. The molecule has 0 saturated carbocycles. The Bertz CT molecular complexity index is 1130. The number of thioether (sulfide) groups is 1. The third kappa shape index (κ3) is 8.80. The first-order valence-corrected chi connectivity index (χ1v) is 13.0. The second kappa shape index (κ2) is 14.0. The van der Waals surface area contributed by atoms with E-state index in [4.69, 9.17) is 37.8 Å². The zero-order chi connectivity index (χ0) is 25.0. The van der Waals surface area contributed by atoms with Gasteiger partial charge in [-0.3, -0.25) is 0 Å². The Balaban J connectivity index is 1.54. The van der Waals surface area contributed by atoms with Crippen molar-refractivity contribution in [3.8, 4) is 11.5 Å². The number of halogens is 2. The smallest absolute Gasteiger partial charge is 0.328 e. The topological polar surface area (TPSA) is 68.7 Å². The predicted octanol–water partition coefficient (Wildman–Crippen LogP) is 7.33. The average molecular weight is 532 g/mol. The van der Waals surface area contributed by atoms with Crippen LogP contribution in [-0.2, 0) is 22.7 Å². The first kappa shape index (κ1) is 26.9. The van der Waals surface area contributed by atoms with Crippen LogP contribution in [-0.4, -0.2) is 29.8 Å². The highest BCUT2D eigenvalue weighted by atomic mass is 35.5. The van der Waals surface area contributed by atoms with Crippen LogP contribution in [0.5, 0.6) is 11.5 Å². The summed E-state index contributed by atoms with van der Waals surface area (Å²) < 4.78 is 11.1. The lowest BCUT2D eigenvalue weighted by molar-refractivity contribution is -0.131. The number of pyridine rings is 1. The third-order valence-corrected chi connectivity index (χ3v) is 6.86. The summed E-state index contributed by atoms with van der Waals surface area (Å²) in [5.74, 6) is 1.64. The van der Waals surface area contributed by atoms with Crippen molar-refractivity contribution in [2.75, 3.05) is 13.7 Å². The van der Waals surface area contributed by atoms with Crippen molar-refractivity contribution in [1.82, 2.24) is 4.98 Å². The average Bonchev–Trinajstić information content (AvgIpc) is 2.85. The summed E-state index contributed by atoms with van der Waals surface area (Å²) in [5.41, 5.74) is 3.45. The first-order valence-electron chi connectivity index (χ1n) is 11.1. The van der Waals surface area contributed by atoms with Gasteiger partial charge in [0.1, 0.15) is 17.2 Å². The number of ether oxygens (including phenoxy) is 2. The molecule has 184 valence electrons. The maximum absolute atomic E-state index is 11.0. The summed E-state index contributed by atoms with van der Waals surface area (Å²) in [6.45, 7) is 0.519. The van der Waals surface area contributed by atoms with E-state index < -0.39 is 5.97 Å². The number of rotatable bonds is 13. The van der Waals surface area contributed by atoms with Crippen molar-refractivity contribution in [3.05, 3.63) is 93.2 Å². The second-order valence-corrected chi connectivity index (χ2v) is 9.50. The molecule has 0 aliphatic rings. The zero-order valence-electron chi connectivity index (χ0n) is 19.4. The molecule has 5 nitrogen and oxygen atoms in total. The van der Waals surface area contributed by atoms with E-state index in [9.17, 15) is 4.79 Å². The molecule has 35 heavy (non-hydrogen) atoms. The zero-order valence-corrected chi connectivity index (χ0v) is 21.7. The molecule has 1 heterocycles. The number of hydrogen-bond donors (Lipinski definition) is 1. The number of nitrogens with zero attached hydrogens (tertiary/aromatic N) is 1. The number of hydrogen-bond acceptors (Lipinski definition) is 5. The van der Waals surface area contributed by atoms with Gasteiger partial charge in [-0.05, 0) is 72.9 Å². The van der Waals surface area contributed by atoms with Gasteiger partial charge >= 0.3 is 5.97 Å². The Morgan fingerprint density at radius 3 is 2.46 bits per heavy atom. The van der Waals surface area contributed by atoms with E-state index in [1.165, 1.54) is 11.6 Å². The van der Waals surface area contributed by atoms with Gasteiger partial charge in [0.25, 0.3) is 0 Å². The van der Waals surface area contributed by atoms with Crippen molar-refractivity contribution in [2.24, 2.45) is 0 Å². The summed E-state index contributed by atoms with van der Waals surface area (Å²) in [7, 11) is 1.66. The molecule has 0 aliphatic carbocycles. The van der Waals surface area contributed by atoms with Crippen molar-refractivity contribution in [2.45, 2.75) is 30.8 Å². The molecule has 0 saturated heterocycles. The van der Waals surface area contributed by atoms with Crippen LogP contribution in [0.2, 0.25) is 10.0 Å². The fraction of sp³-hybridized carbons (Fsp3) is 0.259. The number of aryl methyl sites for hydroxylation is 1. The van der Waals surface area contributed by atoms with Crippen LogP contribution in [0.25, 0.3) is 6.08 Å². The lowest BCUT2D eigenvalue weighted by atomic mass is 10.1. The molecule has 8 heteroatoms. The number of carboxylic acid groups (broad SMARTS) is 1. The van der Waals surface area contributed by atoms with Crippen molar-refractivity contribution in [3.63, 3.8) is 0 Å². The van der Waals surface area contributed by atoms with Gasteiger partial charge < -0.3 is 14.6 Å². The van der Waals surface area contributed by atoms with E-state index in [-0.39, 0.29) is 0 Å². The fourth-order valence-corrected chi connectivity index (χ4v) is 4.99. The molecular weight excluding hydrogens is 505 g/mol. The van der Waals surface area contributed by atoms with Gasteiger partial charge in [0.2, 0.25) is 0 Å². The van der Waals surface area contributed by atoms with Crippen molar-refractivity contribution >= 4 is 47.0 Å². The summed E-state index contributed by atoms with van der Waals surface area (Å²) in [5, 5.41) is 10.3. The van der Waals surface area contributed by atoms with E-state index in [0.29, 0.717) is 39.6 Å².